The number of nitrogens with zero attached hydrogens (tertiary/aromatic N) is 14. The summed E-state index contributed by atoms with van der Waals surface area (Å²) in [5.74, 6) is 5.50. The number of aryl methyl sites for hydroxylation is 7. The molecule has 0 saturated heterocycles. The van der Waals surface area contributed by atoms with Crippen molar-refractivity contribution in [3.05, 3.63) is 225 Å². The Morgan fingerprint density at radius 3 is 0.970 bits per heavy atom. The lowest BCUT2D eigenvalue weighted by Gasteiger charge is -2.30. The molecule has 10 aromatic rings. The zero-order chi connectivity index (χ0) is 82.1. The summed E-state index contributed by atoms with van der Waals surface area (Å²) >= 11 is 0. The summed E-state index contributed by atoms with van der Waals surface area (Å²) in [5.41, 5.74) is 3.39. The maximum atomic E-state index is 11.7. The monoisotopic (exact) mass is 1870 g/mol. The molecule has 8 atom stereocenters. The van der Waals surface area contributed by atoms with Crippen LogP contribution < -0.4 is 10.6 Å². The van der Waals surface area contributed by atoms with Gasteiger partial charge >= 0.3 is 0 Å². The van der Waals surface area contributed by atoms with Gasteiger partial charge in [0.25, 0.3) is 0 Å². The van der Waals surface area contributed by atoms with Crippen molar-refractivity contribution < 1.29 is 19.7 Å². The summed E-state index contributed by atoms with van der Waals surface area (Å²) in [7, 11) is 0. The first-order valence-electron chi connectivity index (χ1n) is 40.2. The highest BCUT2D eigenvalue weighted by Crippen LogP contribution is 2.28. The molecule has 2 amide bonds. The molecule has 8 unspecified atom stereocenters. The molecule has 20 heteroatoms. The van der Waals surface area contributed by atoms with Crippen molar-refractivity contribution >= 4 is 11.8 Å². The molecule has 0 radical (unpaired) electrons. The lowest BCUT2D eigenvalue weighted by atomic mass is 9.84. The minimum absolute atomic E-state index is 0. The smallest absolute Gasteiger partial charge is 0.227 e. The maximum absolute atomic E-state index is 11.7. The third kappa shape index (κ3) is 71.8. The van der Waals surface area contributed by atoms with Crippen molar-refractivity contribution in [2.24, 2.45) is 16.7 Å². The molecule has 0 bridgehead atoms. The Bertz CT molecular complexity index is 3670. The molecule has 0 aliphatic rings. The normalized spacial score (nSPS) is 10.6. The van der Waals surface area contributed by atoms with E-state index in [0.29, 0.717) is 56.0 Å². The first-order chi connectivity index (χ1) is 51.8. The van der Waals surface area contributed by atoms with Crippen LogP contribution in [0.5, 0.6) is 0 Å². The van der Waals surface area contributed by atoms with Gasteiger partial charge in [-0.1, -0.05) is 305 Å². The van der Waals surface area contributed by atoms with E-state index in [2.05, 4.69) is 248 Å². The van der Waals surface area contributed by atoms with Crippen LogP contribution in [0.4, 0.5) is 0 Å². The molecule has 792 valence electrons. The maximum Gasteiger partial charge on any atom is 0.227 e. The highest BCUT2D eigenvalue weighted by atomic mass is 17.1. The Labute approximate surface area is 829 Å². The number of carbonyl (C=O) groups is 2. The second-order valence-electron chi connectivity index (χ2n) is 29.6. The Morgan fingerprint density at radius 1 is 0.379 bits per heavy atom. The number of hydrogen-bond acceptors (Lipinski definition) is 9. The van der Waals surface area contributed by atoms with E-state index in [1.165, 1.54) is 12.0 Å². The quantitative estimate of drug-likeness (QED) is 0.0349. The van der Waals surface area contributed by atoms with E-state index in [0.717, 1.165) is 92.6 Å². The van der Waals surface area contributed by atoms with Gasteiger partial charge in [-0.15, -0.1) is 0 Å². The summed E-state index contributed by atoms with van der Waals surface area (Å²) in [5, 5.41) is 14.6. The lowest BCUT2D eigenvalue weighted by molar-refractivity contribution is -0.304. The average molecular weight is 1880 g/mol. The van der Waals surface area contributed by atoms with Gasteiger partial charge in [0.15, 0.2) is 0 Å². The molecule has 1 aromatic carbocycles. The highest BCUT2D eigenvalue weighted by molar-refractivity contribution is 5.81. The van der Waals surface area contributed by atoms with E-state index in [-0.39, 0.29) is 205 Å². The summed E-state index contributed by atoms with van der Waals surface area (Å²) < 4.78 is 19.0. The van der Waals surface area contributed by atoms with Gasteiger partial charge in [0.1, 0.15) is 29.4 Å². The van der Waals surface area contributed by atoms with Crippen molar-refractivity contribution in [1.29, 1.82) is 0 Å². The largest absolute Gasteiger partial charge is 0.355 e. The van der Waals surface area contributed by atoms with E-state index >= 15 is 0 Å². The second kappa shape index (κ2) is 103. The summed E-state index contributed by atoms with van der Waals surface area (Å²) in [4.78, 5) is 48.5. The predicted octanol–water partition coefficient (Wildman–Crippen LogP) is 36.8. The summed E-state index contributed by atoms with van der Waals surface area (Å²) in [6.07, 6.45) is 43.0. The Morgan fingerprint density at radius 2 is 0.712 bits per heavy atom. The van der Waals surface area contributed by atoms with Gasteiger partial charge in [0, 0.05) is 147 Å². The van der Waals surface area contributed by atoms with Crippen LogP contribution in [-0.4, -0.2) is 89.2 Å². The van der Waals surface area contributed by atoms with Crippen molar-refractivity contribution in [3.63, 3.8) is 0 Å². The minimum atomic E-state index is -0.271. The summed E-state index contributed by atoms with van der Waals surface area (Å²) in [6, 6.07) is 29.3. The van der Waals surface area contributed by atoms with E-state index in [1.807, 2.05) is 205 Å². The van der Waals surface area contributed by atoms with Gasteiger partial charge < -0.3 is 51.7 Å². The number of nitrogens with one attached hydrogen (secondary N) is 2. The van der Waals surface area contributed by atoms with Crippen molar-refractivity contribution in [2.75, 3.05) is 0 Å². The standard InChI is InChI=1S/C11H18N2O.C11H19NO2.C10H16N2O.C10H14.2C9H16N2.2C8H14N2.C7H12N2.C6H9N.23CH4/c1-4-11(2,3)10(14)12-9-13-7-5-6-8-13;1-4-11(2,3)10(14-13)9-12-7-5-6-8-12;1-3-9(2)10(13)11-8-12-6-4-5-7-12;1-3-9(2)10-7-5-4-6-8-10;2*1-5-8(3)11-6-7(2)10-9(11)4;2*1-4-7(2)10-6-5-9-8(10)3;1-3-7(2)9-5-4-8-6-9;1-2-7-5-3-4-6-7;;;;;;;;;;;;;;;;;;;;;;;/h5-8H,4,9H2,1-3H3,(H,12,14);5-8,10,13H,4,9H2,1-3H3;4-7,9H,3,8H2,1-2H3,(H,11,13);4-9H,3H2,1-2H3;2*6,8H,5H2,1-4H3;2*5-7H,4H2,1-3H3;4-7H,3H2,1-2H3;3-6H,2H2,1H3;23*1H4. The molecule has 9 aromatic heterocycles. The number of imidazole rings is 5. The fourth-order valence-electron chi connectivity index (χ4n) is 10.4. The number of amides is 2. The van der Waals surface area contributed by atoms with Crippen molar-refractivity contribution in [2.45, 2.75) is 484 Å². The Balaban J connectivity index is -0.0000000469. The first kappa shape index (κ1) is 183. The topological polar surface area (TPSA) is 196 Å². The zero-order valence-corrected chi connectivity index (χ0v) is 72.6. The van der Waals surface area contributed by atoms with Crippen LogP contribution in [0, 0.1) is 58.3 Å². The molecule has 10 rings (SSSR count). The molecule has 132 heavy (non-hydrogen) atoms. The van der Waals surface area contributed by atoms with Crippen LogP contribution in [0.1, 0.15) is 450 Å². The van der Waals surface area contributed by atoms with Gasteiger partial charge in [-0.2, -0.15) is 0 Å². The number of hydrogen-bond donors (Lipinski definition) is 3. The van der Waals surface area contributed by atoms with Crippen LogP contribution in [-0.2, 0) is 40.9 Å². The van der Waals surface area contributed by atoms with Gasteiger partial charge in [0.05, 0.1) is 37.6 Å². The van der Waals surface area contributed by atoms with Gasteiger partial charge in [0.2, 0.25) is 11.8 Å². The molecule has 20 nitrogen and oxygen atoms in total. The molecular weight excluding hydrogens is 1630 g/mol. The average Bonchev–Trinajstić information content (AvgIpc) is 1.70. The molecule has 0 aliphatic heterocycles. The number of benzene rings is 1. The second-order valence-corrected chi connectivity index (χ2v) is 29.6. The van der Waals surface area contributed by atoms with Crippen LogP contribution in [0.3, 0.4) is 0 Å². The molecule has 3 N–H and O–H groups in total. The van der Waals surface area contributed by atoms with Gasteiger partial charge in [-0.25, -0.2) is 29.8 Å². The minimum Gasteiger partial charge on any atom is -0.355 e. The lowest BCUT2D eigenvalue weighted by Crippen LogP contribution is -2.37. The number of carbonyl (C=O) groups excluding carboxylic acids is 2. The van der Waals surface area contributed by atoms with E-state index in [1.54, 1.807) is 0 Å². The van der Waals surface area contributed by atoms with Crippen LogP contribution >= 0.6 is 0 Å². The predicted molar refractivity (Wildman–Crippen MR) is 609 cm³/mol. The Hall–Kier alpha value is -8.75. The van der Waals surface area contributed by atoms with Crippen LogP contribution in [0.15, 0.2) is 184 Å². The van der Waals surface area contributed by atoms with E-state index < -0.39 is 0 Å². The molecule has 0 fully saturated rings. The third-order valence-corrected chi connectivity index (χ3v) is 20.4. The number of rotatable bonds is 26. The molecule has 0 spiro atoms. The summed E-state index contributed by atoms with van der Waals surface area (Å²) in [6.45, 7) is 59.8. The van der Waals surface area contributed by atoms with E-state index in [4.69, 9.17) is 5.26 Å². The molecule has 0 saturated carbocycles. The molecular formula is C112H240N16O4. The van der Waals surface area contributed by atoms with Crippen molar-refractivity contribution in [1.82, 2.24) is 76.7 Å². The zero-order valence-electron chi connectivity index (χ0n) is 72.6. The fraction of sp³-hybridized carbons (Fsp3) is 0.652. The SMILES string of the molecule is C.C.C.C.C.C.C.C.C.C.C.C.C.C.C.C.C.C.C.C.C.C.C.CCC(C)(C)C(=O)NCn1cccc1.CCC(C)(C)C(Cn1cccc1)OO.CCC(C)C(=O)NCn1cccc1.CCC(C)c1ccccc1.CCC(C)n1cc(C)nc1C.CCC(C)n1cc(C)nc1C.CCC(C)n1ccnc1.CCC(C)n1ccnc1C.CCC(C)n1ccnc1C.CCn1cccc1. The highest BCUT2D eigenvalue weighted by Gasteiger charge is 2.29. The first-order valence-corrected chi connectivity index (χ1v) is 40.2. The van der Waals surface area contributed by atoms with E-state index in [9.17, 15) is 9.59 Å². The fourth-order valence-corrected chi connectivity index (χ4v) is 10.4. The van der Waals surface area contributed by atoms with Gasteiger partial charge in [-0.3, -0.25) is 14.8 Å². The third-order valence-electron chi connectivity index (χ3n) is 20.4. The van der Waals surface area contributed by atoms with Gasteiger partial charge in [-0.05, 0) is 206 Å². The molecule has 9 heterocycles. The van der Waals surface area contributed by atoms with Crippen molar-refractivity contribution in [3.8, 4) is 0 Å². The Kier molecular flexibility index (Phi) is 143. The molecule has 0 aliphatic carbocycles. The number of aromatic nitrogens is 14. The van der Waals surface area contributed by atoms with Crippen LogP contribution in [0.25, 0.3) is 0 Å². The van der Waals surface area contributed by atoms with Crippen LogP contribution in [0.2, 0.25) is 0 Å².